The number of carbonyl (C=O) groups excluding carboxylic acids is 2. The summed E-state index contributed by atoms with van der Waals surface area (Å²) in [4.78, 5) is 26.1. The number of benzene rings is 1. The molecule has 0 spiro atoms. The van der Waals surface area contributed by atoms with Crippen molar-refractivity contribution < 1.29 is 22.8 Å². The first kappa shape index (κ1) is 22.2. The minimum Gasteiger partial charge on any atom is -0.349 e. The second kappa shape index (κ2) is 9.91. The molecule has 0 heterocycles. The molecular weight excluding hydrogens is 371 g/mol. The Morgan fingerprint density at radius 3 is 2.21 bits per heavy atom. The number of hydrogen-bond donors (Lipinski definition) is 2. The molecule has 5 nitrogen and oxygen atoms in total. The van der Waals surface area contributed by atoms with Gasteiger partial charge in [-0.25, -0.2) is 0 Å². The first-order chi connectivity index (χ1) is 13.1. The zero-order valence-corrected chi connectivity index (χ0v) is 16.4. The number of likely N-dealkylation sites (N-methyl/N-ethyl adjacent to an activating group) is 1. The van der Waals surface area contributed by atoms with Gasteiger partial charge in [-0.05, 0) is 45.1 Å². The molecule has 2 N–H and O–H groups in total. The van der Waals surface area contributed by atoms with Gasteiger partial charge in [0.2, 0.25) is 5.91 Å². The smallest absolute Gasteiger partial charge is 0.349 e. The van der Waals surface area contributed by atoms with Gasteiger partial charge in [0.1, 0.15) is 0 Å². The normalized spacial score (nSPS) is 16.4. The third-order valence-corrected chi connectivity index (χ3v) is 4.71. The van der Waals surface area contributed by atoms with E-state index in [0.29, 0.717) is 0 Å². The van der Waals surface area contributed by atoms with Crippen molar-refractivity contribution >= 4 is 17.5 Å². The molecule has 28 heavy (non-hydrogen) atoms. The number of carbonyl (C=O) groups is 2. The first-order valence-corrected chi connectivity index (χ1v) is 9.63. The molecule has 1 saturated carbocycles. The lowest BCUT2D eigenvalue weighted by Gasteiger charge is -2.21. The molecule has 0 radical (unpaired) electrons. The van der Waals surface area contributed by atoms with Gasteiger partial charge in [-0.1, -0.05) is 32.1 Å². The van der Waals surface area contributed by atoms with E-state index in [1.807, 2.05) is 0 Å². The summed E-state index contributed by atoms with van der Waals surface area (Å²) >= 11 is 0. The molecule has 0 bridgehead atoms. The average molecular weight is 399 g/mol. The topological polar surface area (TPSA) is 61.4 Å². The van der Waals surface area contributed by atoms with Crippen LogP contribution in [0.25, 0.3) is 0 Å². The molecule has 1 aromatic rings. The fraction of sp³-hybridized carbons (Fsp3) is 0.600. The summed E-state index contributed by atoms with van der Waals surface area (Å²) in [6.07, 6.45) is 2.45. The Kier molecular flexibility index (Phi) is 7.86. The minimum absolute atomic E-state index is 0.0276. The van der Waals surface area contributed by atoms with Crippen molar-refractivity contribution in [3.63, 3.8) is 0 Å². The van der Waals surface area contributed by atoms with Crippen LogP contribution in [0.4, 0.5) is 18.9 Å². The van der Waals surface area contributed by atoms with Crippen LogP contribution < -0.4 is 10.6 Å². The molecule has 2 rings (SSSR count). The number of nitrogens with one attached hydrogen (secondary N) is 2. The van der Waals surface area contributed by atoms with Gasteiger partial charge in [-0.3, -0.25) is 9.59 Å². The maximum absolute atomic E-state index is 13.3. The highest BCUT2D eigenvalue weighted by molar-refractivity contribution is 5.98. The molecule has 8 heteroatoms. The summed E-state index contributed by atoms with van der Waals surface area (Å²) in [5.74, 6) is -0.990. The maximum atomic E-state index is 13.3. The predicted octanol–water partition coefficient (Wildman–Crippen LogP) is 4.05. The van der Waals surface area contributed by atoms with Crippen molar-refractivity contribution in [3.8, 4) is 0 Å². The van der Waals surface area contributed by atoms with E-state index < -0.39 is 23.6 Å². The molecule has 1 aromatic carbocycles. The monoisotopic (exact) mass is 399 g/mol. The van der Waals surface area contributed by atoms with Gasteiger partial charge in [0.25, 0.3) is 5.91 Å². The van der Waals surface area contributed by atoms with Crippen LogP contribution in [0.1, 0.15) is 60.9 Å². The van der Waals surface area contributed by atoms with Crippen molar-refractivity contribution in [1.82, 2.24) is 10.2 Å². The Morgan fingerprint density at radius 2 is 1.64 bits per heavy atom. The van der Waals surface area contributed by atoms with E-state index in [1.165, 1.54) is 12.5 Å². The van der Waals surface area contributed by atoms with Gasteiger partial charge in [-0.15, -0.1) is 0 Å². The van der Waals surface area contributed by atoms with E-state index in [0.717, 1.165) is 50.7 Å². The fourth-order valence-corrected chi connectivity index (χ4v) is 3.35. The lowest BCUT2D eigenvalue weighted by atomic mass is 9.96. The Morgan fingerprint density at radius 1 is 1.04 bits per heavy atom. The lowest BCUT2D eigenvalue weighted by molar-refractivity contribution is -0.137. The maximum Gasteiger partial charge on any atom is 0.416 e. The van der Waals surface area contributed by atoms with Gasteiger partial charge in [0, 0.05) is 17.3 Å². The Hall–Kier alpha value is -2.09. The van der Waals surface area contributed by atoms with Crippen LogP contribution in [0.15, 0.2) is 18.2 Å². The summed E-state index contributed by atoms with van der Waals surface area (Å²) in [6, 6.07) is 2.94. The van der Waals surface area contributed by atoms with E-state index in [4.69, 9.17) is 0 Å². The van der Waals surface area contributed by atoms with Gasteiger partial charge >= 0.3 is 6.18 Å². The van der Waals surface area contributed by atoms with Crippen molar-refractivity contribution in [2.75, 3.05) is 26.0 Å². The van der Waals surface area contributed by atoms with Crippen molar-refractivity contribution in [2.24, 2.45) is 0 Å². The Balaban J connectivity index is 2.19. The molecule has 156 valence electrons. The van der Waals surface area contributed by atoms with Crippen LogP contribution in [0.5, 0.6) is 0 Å². The zero-order valence-electron chi connectivity index (χ0n) is 16.4. The highest BCUT2D eigenvalue weighted by Crippen LogP contribution is 2.32. The lowest BCUT2D eigenvalue weighted by Crippen LogP contribution is -2.35. The molecule has 2 amide bonds. The summed E-state index contributed by atoms with van der Waals surface area (Å²) in [5, 5.41) is 5.31. The number of rotatable bonds is 5. The number of nitrogens with zero attached hydrogens (tertiary/aromatic N) is 1. The molecule has 0 atom stereocenters. The molecular formula is C20H28F3N3O2. The standard InChI is InChI=1S/C20H28F3N3O2/c1-26(2)13-18(27)24-17-11-14(10-15(12-17)20(21,22)23)19(28)25-16-8-6-4-3-5-7-9-16/h10-12,16H,3-9,13H2,1-2H3,(H,24,27)(H,25,28). The van der Waals surface area contributed by atoms with Crippen molar-refractivity contribution in [2.45, 2.75) is 57.2 Å². The van der Waals surface area contributed by atoms with Crippen LogP contribution in [0.2, 0.25) is 0 Å². The molecule has 1 aliphatic carbocycles. The van der Waals surface area contributed by atoms with Gasteiger partial charge in [0.15, 0.2) is 0 Å². The van der Waals surface area contributed by atoms with Crippen LogP contribution >= 0.6 is 0 Å². The van der Waals surface area contributed by atoms with Gasteiger partial charge in [0.05, 0.1) is 12.1 Å². The second-order valence-electron chi connectivity index (χ2n) is 7.60. The first-order valence-electron chi connectivity index (χ1n) is 9.63. The molecule has 1 fully saturated rings. The zero-order chi connectivity index (χ0) is 20.7. The van der Waals surface area contributed by atoms with Crippen LogP contribution in [-0.2, 0) is 11.0 Å². The molecule has 0 unspecified atom stereocenters. The van der Waals surface area contributed by atoms with Gasteiger partial charge < -0.3 is 15.5 Å². The van der Waals surface area contributed by atoms with Crippen LogP contribution in [-0.4, -0.2) is 43.4 Å². The number of hydrogen-bond acceptors (Lipinski definition) is 3. The fourth-order valence-electron chi connectivity index (χ4n) is 3.35. The van der Waals surface area contributed by atoms with E-state index >= 15 is 0 Å². The van der Waals surface area contributed by atoms with E-state index in [1.54, 1.807) is 19.0 Å². The van der Waals surface area contributed by atoms with Crippen molar-refractivity contribution in [3.05, 3.63) is 29.3 Å². The SMILES string of the molecule is CN(C)CC(=O)Nc1cc(C(=O)NC2CCCCCCC2)cc(C(F)(F)F)c1. The number of anilines is 1. The molecule has 0 saturated heterocycles. The molecule has 1 aliphatic rings. The minimum atomic E-state index is -4.61. The summed E-state index contributed by atoms with van der Waals surface area (Å²) < 4.78 is 39.8. The van der Waals surface area contributed by atoms with E-state index in [2.05, 4.69) is 10.6 Å². The van der Waals surface area contributed by atoms with Crippen molar-refractivity contribution in [1.29, 1.82) is 0 Å². The molecule has 0 aromatic heterocycles. The Labute approximate surface area is 163 Å². The number of amides is 2. The molecule has 0 aliphatic heterocycles. The van der Waals surface area contributed by atoms with E-state index in [-0.39, 0.29) is 23.8 Å². The highest BCUT2D eigenvalue weighted by Gasteiger charge is 2.32. The average Bonchev–Trinajstić information content (AvgIpc) is 2.55. The third-order valence-electron chi connectivity index (χ3n) is 4.71. The summed E-state index contributed by atoms with van der Waals surface area (Å²) in [5.41, 5.74) is -1.10. The van der Waals surface area contributed by atoms with Gasteiger partial charge in [-0.2, -0.15) is 13.2 Å². The predicted molar refractivity (Wildman–Crippen MR) is 102 cm³/mol. The number of alkyl halides is 3. The quantitative estimate of drug-likeness (QED) is 0.785. The largest absolute Gasteiger partial charge is 0.416 e. The Bertz CT molecular complexity index is 682. The second-order valence-corrected chi connectivity index (χ2v) is 7.60. The van der Waals surface area contributed by atoms with Crippen LogP contribution in [0.3, 0.4) is 0 Å². The third kappa shape index (κ3) is 7.14. The number of halogens is 3. The highest BCUT2D eigenvalue weighted by atomic mass is 19.4. The van der Waals surface area contributed by atoms with E-state index in [9.17, 15) is 22.8 Å². The summed E-state index contributed by atoms with van der Waals surface area (Å²) in [7, 11) is 3.36. The summed E-state index contributed by atoms with van der Waals surface area (Å²) in [6.45, 7) is 0.0276. The van der Waals surface area contributed by atoms with Crippen LogP contribution in [0, 0.1) is 0 Å².